The SMILES string of the molecule is NC[C@H]1O[C@@H](O[C@@H](Cn2cc(CCCCCCCCCCO)nn2)[C@H]2O[C@@H](n3ccc(=O)[nH]c3=O)[C@H](O)[C@@H]2O)[C@H](O)[C@@H]1O. The maximum Gasteiger partial charge on any atom is 0.330 e. The van der Waals surface area contributed by atoms with Crippen LogP contribution in [-0.4, -0.2) is 112 Å². The molecular weight excluding hydrogens is 568 g/mol. The van der Waals surface area contributed by atoms with Gasteiger partial charge in [0.1, 0.15) is 42.7 Å². The third-order valence-corrected chi connectivity index (χ3v) is 7.92. The molecule has 2 aromatic heterocycles. The Bertz CT molecular complexity index is 1240. The van der Waals surface area contributed by atoms with Crippen LogP contribution in [0, 0.1) is 0 Å². The fourth-order valence-corrected chi connectivity index (χ4v) is 5.47. The number of H-pyrrole nitrogens is 1. The largest absolute Gasteiger partial charge is 0.396 e. The van der Waals surface area contributed by atoms with Gasteiger partial charge in [-0.1, -0.05) is 43.7 Å². The molecule has 4 heterocycles. The van der Waals surface area contributed by atoms with Crippen LogP contribution in [0.3, 0.4) is 0 Å². The van der Waals surface area contributed by atoms with Crippen LogP contribution in [0.15, 0.2) is 28.0 Å². The van der Waals surface area contributed by atoms with Gasteiger partial charge < -0.3 is 45.5 Å². The summed E-state index contributed by atoms with van der Waals surface area (Å²) in [4.78, 5) is 25.9. The normalized spacial score (nSPS) is 29.8. The Kier molecular flexibility index (Phi) is 12.4. The van der Waals surface area contributed by atoms with Crippen LogP contribution < -0.4 is 17.0 Å². The fourth-order valence-electron chi connectivity index (χ4n) is 5.47. The summed E-state index contributed by atoms with van der Waals surface area (Å²) in [6.45, 7) is 0.131. The first kappa shape index (κ1) is 33.4. The van der Waals surface area contributed by atoms with Crippen LogP contribution in [0.1, 0.15) is 63.3 Å². The van der Waals surface area contributed by atoms with Crippen molar-refractivity contribution >= 4 is 0 Å². The molecule has 0 saturated carbocycles. The number of nitrogens with one attached hydrogen (secondary N) is 1. The standard InChI is InChI=1S/C27H44N6O10/c28-13-17-20(36)23(39)26(41-17)42-18(24-21(37)22(38)25(43-24)33-11-10-19(35)29-27(33)40)15-32-14-16(30-31-32)9-7-5-3-1-2-4-6-8-12-34/h10-11,14,17-18,20-26,34,36-39H,1-9,12-13,15,28H2,(H,29,35,40)/t17-,18+,20-,21+,22-,23-,24-,25-,26+/m1/s1. The first-order valence-electron chi connectivity index (χ1n) is 14.9. The van der Waals surface area contributed by atoms with Gasteiger partial charge in [0.05, 0.1) is 12.2 Å². The minimum absolute atomic E-state index is 0.0432. The molecule has 4 rings (SSSR count). The average Bonchev–Trinajstić information content (AvgIpc) is 3.64. The van der Waals surface area contributed by atoms with E-state index in [4.69, 9.17) is 25.1 Å². The summed E-state index contributed by atoms with van der Waals surface area (Å²) in [5.41, 5.74) is 4.91. The molecule has 2 fully saturated rings. The Morgan fingerprint density at radius 3 is 2.30 bits per heavy atom. The van der Waals surface area contributed by atoms with Crippen molar-refractivity contribution in [2.75, 3.05) is 13.2 Å². The molecule has 0 aromatic carbocycles. The third-order valence-electron chi connectivity index (χ3n) is 7.92. The van der Waals surface area contributed by atoms with Crippen molar-refractivity contribution in [3.05, 3.63) is 45.0 Å². The molecule has 2 aromatic rings. The van der Waals surface area contributed by atoms with Gasteiger partial charge in [-0.05, 0) is 19.3 Å². The van der Waals surface area contributed by atoms with Gasteiger partial charge in [0.15, 0.2) is 12.5 Å². The number of rotatable bonds is 17. The summed E-state index contributed by atoms with van der Waals surface area (Å²) in [5.74, 6) is 0. The number of ether oxygens (including phenoxy) is 3. The average molecular weight is 613 g/mol. The van der Waals surface area contributed by atoms with Crippen LogP contribution in [-0.2, 0) is 27.2 Å². The van der Waals surface area contributed by atoms with E-state index in [1.165, 1.54) is 4.68 Å². The number of unbranched alkanes of at least 4 members (excludes halogenated alkanes) is 7. The lowest BCUT2D eigenvalue weighted by Crippen LogP contribution is -2.46. The number of hydrogen-bond acceptors (Lipinski definition) is 13. The molecule has 16 heteroatoms. The summed E-state index contributed by atoms with van der Waals surface area (Å²) >= 11 is 0. The molecule has 0 aliphatic carbocycles. The van der Waals surface area contributed by atoms with Gasteiger partial charge in [-0.25, -0.2) is 9.48 Å². The van der Waals surface area contributed by atoms with Crippen molar-refractivity contribution in [1.29, 1.82) is 0 Å². The Morgan fingerprint density at radius 2 is 1.65 bits per heavy atom. The van der Waals surface area contributed by atoms with E-state index in [1.807, 2.05) is 0 Å². The van der Waals surface area contributed by atoms with Crippen LogP contribution in [0.25, 0.3) is 0 Å². The van der Waals surface area contributed by atoms with Gasteiger partial charge in [0.25, 0.3) is 5.56 Å². The van der Waals surface area contributed by atoms with E-state index in [0.29, 0.717) is 6.42 Å². The highest BCUT2D eigenvalue weighted by molar-refractivity contribution is 4.98. The van der Waals surface area contributed by atoms with Gasteiger partial charge in [0, 0.05) is 31.6 Å². The molecular formula is C27H44N6O10. The number of nitrogens with two attached hydrogens (primary N) is 1. The molecule has 8 N–H and O–H groups in total. The van der Waals surface area contributed by atoms with E-state index in [-0.39, 0.29) is 19.7 Å². The van der Waals surface area contributed by atoms with Gasteiger partial charge in [-0.3, -0.25) is 14.3 Å². The molecule has 0 amide bonds. The van der Waals surface area contributed by atoms with Crippen molar-refractivity contribution < 1.29 is 39.7 Å². The lowest BCUT2D eigenvalue weighted by molar-refractivity contribution is -0.223. The molecule has 242 valence electrons. The number of aryl methyl sites for hydroxylation is 1. The van der Waals surface area contributed by atoms with E-state index in [9.17, 15) is 30.0 Å². The van der Waals surface area contributed by atoms with Gasteiger partial charge in [0.2, 0.25) is 0 Å². The third kappa shape index (κ3) is 8.55. The van der Waals surface area contributed by atoms with Gasteiger partial charge >= 0.3 is 5.69 Å². The second-order valence-corrected chi connectivity index (χ2v) is 11.2. The minimum Gasteiger partial charge on any atom is -0.396 e. The number of aromatic amines is 1. The van der Waals surface area contributed by atoms with Crippen LogP contribution in [0.2, 0.25) is 0 Å². The summed E-state index contributed by atoms with van der Waals surface area (Å²) in [7, 11) is 0. The predicted molar refractivity (Wildman–Crippen MR) is 150 cm³/mol. The van der Waals surface area contributed by atoms with Gasteiger partial charge in [-0.2, -0.15) is 0 Å². The number of hydrogen-bond donors (Lipinski definition) is 7. The number of aliphatic hydroxyl groups is 5. The van der Waals surface area contributed by atoms with Crippen molar-refractivity contribution in [3.8, 4) is 0 Å². The molecule has 0 radical (unpaired) electrons. The summed E-state index contributed by atoms with van der Waals surface area (Å²) in [6.07, 6.45) is 0.245. The van der Waals surface area contributed by atoms with Crippen molar-refractivity contribution in [3.63, 3.8) is 0 Å². The first-order chi connectivity index (χ1) is 20.7. The Labute approximate surface area is 248 Å². The summed E-state index contributed by atoms with van der Waals surface area (Å²) in [6, 6.07) is 1.08. The molecule has 0 bridgehead atoms. The van der Waals surface area contributed by atoms with E-state index < -0.39 is 66.5 Å². The minimum atomic E-state index is -1.57. The van der Waals surface area contributed by atoms with Crippen LogP contribution in [0.4, 0.5) is 0 Å². The predicted octanol–water partition coefficient (Wildman–Crippen LogP) is -2.11. The van der Waals surface area contributed by atoms with Crippen molar-refractivity contribution in [2.45, 2.75) is 120 Å². The number of nitrogens with zero attached hydrogens (tertiary/aromatic N) is 4. The highest BCUT2D eigenvalue weighted by atomic mass is 16.7. The van der Waals surface area contributed by atoms with E-state index in [1.54, 1.807) is 6.20 Å². The van der Waals surface area contributed by atoms with E-state index in [2.05, 4.69) is 15.3 Å². The highest BCUT2D eigenvalue weighted by Gasteiger charge is 2.51. The summed E-state index contributed by atoms with van der Waals surface area (Å²) in [5, 5.41) is 59.8. The topological polar surface area (TPSA) is 240 Å². The first-order valence-corrected chi connectivity index (χ1v) is 14.9. The quantitative estimate of drug-likeness (QED) is 0.0948. The van der Waals surface area contributed by atoms with Crippen molar-refractivity contribution in [2.24, 2.45) is 5.73 Å². The molecule has 0 unspecified atom stereocenters. The Balaban J connectivity index is 1.41. The second-order valence-electron chi connectivity index (χ2n) is 11.2. The highest BCUT2D eigenvalue weighted by Crippen LogP contribution is 2.33. The Morgan fingerprint density at radius 1 is 0.953 bits per heavy atom. The second kappa shape index (κ2) is 16.0. The lowest BCUT2D eigenvalue weighted by Gasteiger charge is -2.29. The zero-order valence-corrected chi connectivity index (χ0v) is 24.1. The molecule has 2 saturated heterocycles. The molecule has 43 heavy (non-hydrogen) atoms. The fraction of sp³-hybridized carbons (Fsp3) is 0.778. The molecule has 2 aliphatic rings. The van der Waals surface area contributed by atoms with E-state index >= 15 is 0 Å². The molecule has 2 aliphatic heterocycles. The maximum absolute atomic E-state index is 12.4. The molecule has 9 atom stereocenters. The molecule has 0 spiro atoms. The lowest BCUT2D eigenvalue weighted by atomic mass is 10.0. The summed E-state index contributed by atoms with van der Waals surface area (Å²) < 4.78 is 19.9. The van der Waals surface area contributed by atoms with Crippen LogP contribution in [0.5, 0.6) is 0 Å². The smallest absolute Gasteiger partial charge is 0.330 e. The van der Waals surface area contributed by atoms with Gasteiger partial charge in [-0.15, -0.1) is 5.10 Å². The van der Waals surface area contributed by atoms with E-state index in [0.717, 1.165) is 73.9 Å². The monoisotopic (exact) mass is 612 g/mol. The van der Waals surface area contributed by atoms with Crippen molar-refractivity contribution in [1.82, 2.24) is 24.5 Å². The molecule has 16 nitrogen and oxygen atoms in total. The zero-order valence-electron chi connectivity index (χ0n) is 24.1. The number of aromatic nitrogens is 5. The van der Waals surface area contributed by atoms with Crippen LogP contribution >= 0.6 is 0 Å². The maximum atomic E-state index is 12.4. The zero-order chi connectivity index (χ0) is 30.9. The Hall–Kier alpha value is -2.54. The number of aliphatic hydroxyl groups excluding tert-OH is 5.